The summed E-state index contributed by atoms with van der Waals surface area (Å²) < 4.78 is 53.4. The number of hydrogen-bond donors (Lipinski definition) is 2. The molecular formula is C22H21Cl2N3O5S2. The molecule has 34 heavy (non-hydrogen) atoms. The van der Waals surface area contributed by atoms with Gasteiger partial charge in [0.1, 0.15) is 6.04 Å². The Kier molecular flexibility index (Phi) is 7.77. The van der Waals surface area contributed by atoms with Gasteiger partial charge in [0.25, 0.3) is 10.0 Å². The van der Waals surface area contributed by atoms with Gasteiger partial charge in [0, 0.05) is 5.69 Å². The minimum atomic E-state index is -3.98. The maximum atomic E-state index is 12.8. The lowest BCUT2D eigenvalue weighted by molar-refractivity contribution is -0.116. The predicted octanol–water partition coefficient (Wildman–Crippen LogP) is 4.59. The van der Waals surface area contributed by atoms with Crippen molar-refractivity contribution in [1.82, 2.24) is 0 Å². The number of anilines is 3. The predicted molar refractivity (Wildman–Crippen MR) is 136 cm³/mol. The largest absolute Gasteiger partial charge is 0.324 e. The van der Waals surface area contributed by atoms with E-state index in [9.17, 15) is 21.6 Å². The van der Waals surface area contributed by atoms with Gasteiger partial charge in [-0.1, -0.05) is 47.5 Å². The van der Waals surface area contributed by atoms with Crippen molar-refractivity contribution in [3.8, 4) is 0 Å². The highest BCUT2D eigenvalue weighted by Crippen LogP contribution is 2.31. The van der Waals surface area contributed by atoms with Crippen molar-refractivity contribution in [3.63, 3.8) is 0 Å². The van der Waals surface area contributed by atoms with Crippen molar-refractivity contribution in [3.05, 3.63) is 82.8 Å². The molecule has 0 saturated heterocycles. The Morgan fingerprint density at radius 2 is 1.50 bits per heavy atom. The molecule has 0 aliphatic rings. The van der Waals surface area contributed by atoms with Crippen LogP contribution in [0.25, 0.3) is 0 Å². The molecule has 0 saturated carbocycles. The summed E-state index contributed by atoms with van der Waals surface area (Å²) in [6.45, 7) is 1.46. The lowest BCUT2D eigenvalue weighted by Gasteiger charge is -2.28. The smallest absolute Gasteiger partial charge is 0.261 e. The molecule has 180 valence electrons. The fraction of sp³-hybridized carbons (Fsp3) is 0.136. The summed E-state index contributed by atoms with van der Waals surface area (Å²) in [6, 6.07) is 17.1. The van der Waals surface area contributed by atoms with E-state index in [1.54, 1.807) is 36.4 Å². The Bertz CT molecular complexity index is 1400. The maximum absolute atomic E-state index is 12.8. The molecule has 8 nitrogen and oxygen atoms in total. The Morgan fingerprint density at radius 1 is 0.882 bits per heavy atom. The molecule has 0 aliphatic heterocycles. The zero-order chi connectivity index (χ0) is 25.1. The van der Waals surface area contributed by atoms with Crippen LogP contribution in [0.2, 0.25) is 10.0 Å². The highest BCUT2D eigenvalue weighted by atomic mass is 35.5. The molecule has 0 aliphatic carbocycles. The van der Waals surface area contributed by atoms with E-state index in [-0.39, 0.29) is 26.3 Å². The molecule has 0 bridgehead atoms. The molecule has 0 spiro atoms. The summed E-state index contributed by atoms with van der Waals surface area (Å²) in [6.07, 6.45) is 1.02. The highest BCUT2D eigenvalue weighted by Gasteiger charge is 2.29. The number of hydrogen-bond acceptors (Lipinski definition) is 5. The van der Waals surface area contributed by atoms with Gasteiger partial charge in [-0.2, -0.15) is 0 Å². The average Bonchev–Trinajstić information content (AvgIpc) is 2.77. The van der Waals surface area contributed by atoms with E-state index < -0.39 is 32.0 Å². The summed E-state index contributed by atoms with van der Waals surface area (Å²) in [4.78, 5) is 12.7. The van der Waals surface area contributed by atoms with Crippen LogP contribution < -0.4 is 14.3 Å². The summed E-state index contributed by atoms with van der Waals surface area (Å²) in [5, 5.41) is 2.88. The highest BCUT2D eigenvalue weighted by molar-refractivity contribution is 7.92. The van der Waals surface area contributed by atoms with E-state index in [0.29, 0.717) is 5.69 Å². The van der Waals surface area contributed by atoms with Crippen molar-refractivity contribution >= 4 is 66.2 Å². The summed E-state index contributed by atoms with van der Waals surface area (Å²) in [5.74, 6) is -0.589. The average molecular weight is 542 g/mol. The molecule has 3 aromatic carbocycles. The van der Waals surface area contributed by atoms with Crippen molar-refractivity contribution in [2.45, 2.75) is 17.9 Å². The number of halogens is 2. The topological polar surface area (TPSA) is 113 Å². The van der Waals surface area contributed by atoms with Crippen LogP contribution in [0.3, 0.4) is 0 Å². The van der Waals surface area contributed by atoms with E-state index >= 15 is 0 Å². The van der Waals surface area contributed by atoms with Gasteiger partial charge in [0.2, 0.25) is 15.9 Å². The van der Waals surface area contributed by atoms with Gasteiger partial charge >= 0.3 is 0 Å². The summed E-state index contributed by atoms with van der Waals surface area (Å²) >= 11 is 12.0. The number of carbonyl (C=O) groups is 1. The molecule has 1 amide bonds. The van der Waals surface area contributed by atoms with E-state index in [0.717, 1.165) is 10.6 Å². The first-order valence-corrected chi connectivity index (χ1v) is 13.9. The molecular weight excluding hydrogens is 521 g/mol. The van der Waals surface area contributed by atoms with Crippen LogP contribution in [-0.2, 0) is 24.8 Å². The van der Waals surface area contributed by atoms with Crippen LogP contribution in [0.1, 0.15) is 6.92 Å². The van der Waals surface area contributed by atoms with E-state index in [1.165, 1.54) is 43.3 Å². The summed E-state index contributed by atoms with van der Waals surface area (Å²) in [7, 11) is -7.73. The second kappa shape index (κ2) is 10.2. The van der Waals surface area contributed by atoms with Gasteiger partial charge in [-0.3, -0.25) is 13.8 Å². The van der Waals surface area contributed by atoms with Crippen molar-refractivity contribution in [2.24, 2.45) is 0 Å². The molecule has 0 unspecified atom stereocenters. The van der Waals surface area contributed by atoms with Crippen LogP contribution in [0, 0.1) is 0 Å². The van der Waals surface area contributed by atoms with Gasteiger partial charge < -0.3 is 5.32 Å². The molecule has 0 radical (unpaired) electrons. The van der Waals surface area contributed by atoms with Gasteiger partial charge in [-0.05, 0) is 55.5 Å². The quantitative estimate of drug-likeness (QED) is 0.433. The number of benzene rings is 3. The number of para-hydroxylation sites is 1. The molecule has 2 N–H and O–H groups in total. The van der Waals surface area contributed by atoms with Crippen LogP contribution in [0.4, 0.5) is 17.1 Å². The summed E-state index contributed by atoms with van der Waals surface area (Å²) in [5.41, 5.74) is 0.764. The standard InChI is InChI=1S/C22H21Cl2N3O5S2/c1-15(27(33(2,29)30)17-7-4-3-5-8-17)22(28)25-16-11-13-18(14-12-16)34(31,32)26-20-10-6-9-19(23)21(20)24/h3-15,26H,1-2H3,(H,25,28)/t15-/m1/s1. The molecule has 3 aromatic rings. The fourth-order valence-corrected chi connectivity index (χ4v) is 5.78. The van der Waals surface area contributed by atoms with Gasteiger partial charge in [0.15, 0.2) is 0 Å². The number of sulfonamides is 2. The van der Waals surface area contributed by atoms with Crippen LogP contribution in [0.5, 0.6) is 0 Å². The van der Waals surface area contributed by atoms with Crippen molar-refractivity contribution in [2.75, 3.05) is 20.6 Å². The number of nitrogens with one attached hydrogen (secondary N) is 2. The maximum Gasteiger partial charge on any atom is 0.261 e. The lowest BCUT2D eigenvalue weighted by Crippen LogP contribution is -2.45. The van der Waals surface area contributed by atoms with Crippen LogP contribution in [0.15, 0.2) is 77.7 Å². The zero-order valence-corrected chi connectivity index (χ0v) is 21.2. The Hall–Kier alpha value is -2.79. The number of nitrogens with zero attached hydrogens (tertiary/aromatic N) is 1. The second-order valence-electron chi connectivity index (χ2n) is 7.29. The molecule has 1 atom stereocenters. The minimum absolute atomic E-state index is 0.0689. The van der Waals surface area contributed by atoms with Crippen LogP contribution >= 0.6 is 23.2 Å². The third-order valence-corrected chi connectivity index (χ3v) is 8.17. The fourth-order valence-electron chi connectivity index (χ4n) is 3.13. The Balaban J connectivity index is 1.77. The van der Waals surface area contributed by atoms with E-state index in [4.69, 9.17) is 23.2 Å². The minimum Gasteiger partial charge on any atom is -0.324 e. The number of carbonyl (C=O) groups excluding carboxylic acids is 1. The van der Waals surface area contributed by atoms with E-state index in [2.05, 4.69) is 10.0 Å². The third kappa shape index (κ3) is 6.01. The van der Waals surface area contributed by atoms with Gasteiger partial charge in [-0.25, -0.2) is 16.8 Å². The number of rotatable bonds is 8. The lowest BCUT2D eigenvalue weighted by atomic mass is 10.2. The molecule has 12 heteroatoms. The first-order chi connectivity index (χ1) is 15.9. The van der Waals surface area contributed by atoms with Crippen molar-refractivity contribution < 1.29 is 21.6 Å². The Labute approximate surface area is 208 Å². The van der Waals surface area contributed by atoms with Gasteiger partial charge in [-0.15, -0.1) is 0 Å². The van der Waals surface area contributed by atoms with Crippen molar-refractivity contribution in [1.29, 1.82) is 0 Å². The van der Waals surface area contributed by atoms with Gasteiger partial charge in [0.05, 0.1) is 32.6 Å². The first-order valence-electron chi connectivity index (χ1n) is 9.82. The third-order valence-electron chi connectivity index (χ3n) is 4.73. The monoisotopic (exact) mass is 541 g/mol. The first kappa shape index (κ1) is 25.8. The van der Waals surface area contributed by atoms with Crippen LogP contribution in [-0.4, -0.2) is 35.0 Å². The molecule has 0 fully saturated rings. The SMILES string of the molecule is C[C@H](C(=O)Nc1ccc(S(=O)(=O)Nc2cccc(Cl)c2Cl)cc1)N(c1ccccc1)S(C)(=O)=O. The van der Waals surface area contributed by atoms with E-state index in [1.807, 2.05) is 0 Å². The Morgan fingerprint density at radius 3 is 2.09 bits per heavy atom. The molecule has 0 heterocycles. The molecule has 0 aromatic heterocycles. The second-order valence-corrected chi connectivity index (χ2v) is 11.6. The molecule has 3 rings (SSSR count). The zero-order valence-electron chi connectivity index (χ0n) is 18.1. The number of amides is 1. The normalized spacial score (nSPS) is 12.6.